The summed E-state index contributed by atoms with van der Waals surface area (Å²) in [5, 5.41) is 8.31. The molecule has 7 rings (SSSR count). The lowest BCUT2D eigenvalue weighted by atomic mass is 9.84. The van der Waals surface area contributed by atoms with Crippen molar-refractivity contribution < 1.29 is 0 Å². The first-order chi connectivity index (χ1) is 22.1. The molecule has 0 saturated carbocycles. The lowest BCUT2D eigenvalue weighted by molar-refractivity contribution is 1.61. The molecule has 0 aliphatic rings. The smallest absolute Gasteiger partial charge is 0.0656 e. The van der Waals surface area contributed by atoms with Crippen molar-refractivity contribution in [1.82, 2.24) is 0 Å². The third-order valence-corrected chi connectivity index (χ3v) is 13.4. The van der Waals surface area contributed by atoms with Crippen molar-refractivity contribution in [1.29, 1.82) is 0 Å². The molecule has 0 nitrogen and oxygen atoms in total. The molecule has 0 aliphatic heterocycles. The first-order valence-electron chi connectivity index (χ1n) is 16.5. The fourth-order valence-electron chi connectivity index (χ4n) is 7.14. The molecular weight excluding hydrogens is 585 g/mol. The molecule has 0 fully saturated rings. The van der Waals surface area contributed by atoms with Crippen LogP contribution in [-0.4, -0.2) is 16.1 Å². The molecule has 0 aromatic heterocycles. The van der Waals surface area contributed by atoms with Crippen molar-refractivity contribution >= 4 is 48.1 Å². The van der Waals surface area contributed by atoms with Crippen LogP contribution in [0, 0.1) is 0 Å². The van der Waals surface area contributed by atoms with Gasteiger partial charge in [0.1, 0.15) is 0 Å². The Morgan fingerprint density at radius 3 is 1.02 bits per heavy atom. The van der Waals surface area contributed by atoms with Crippen LogP contribution in [0.4, 0.5) is 0 Å². The highest BCUT2D eigenvalue weighted by Crippen LogP contribution is 2.46. The Kier molecular flexibility index (Phi) is 7.67. The average Bonchev–Trinajstić information content (AvgIpc) is 3.06. The predicted octanol–water partition coefficient (Wildman–Crippen LogP) is 11.8. The van der Waals surface area contributed by atoms with E-state index in [1.807, 2.05) is 0 Å². The maximum atomic E-state index is 2.47. The van der Waals surface area contributed by atoms with Gasteiger partial charge in [-0.05, 0) is 78.2 Å². The molecule has 0 N–H and O–H groups in total. The SMILES string of the molecule is C[Si](C)(C)c1ccccc1-c1c2ccc(-c3ccccc3)cc2c(-c2ccccc2[Si](C)(C)C)c2ccc(-c3ccccc3)cc12. The minimum absolute atomic E-state index is 1.25. The molecule has 0 heterocycles. The fraction of sp³-hybridized carbons (Fsp3) is 0.136. The second-order valence-electron chi connectivity index (χ2n) is 14.6. The molecule has 0 atom stereocenters. The molecule has 46 heavy (non-hydrogen) atoms. The molecule has 0 saturated heterocycles. The van der Waals surface area contributed by atoms with Crippen LogP contribution in [0.25, 0.3) is 66.1 Å². The van der Waals surface area contributed by atoms with E-state index in [2.05, 4.69) is 185 Å². The molecule has 0 bridgehead atoms. The van der Waals surface area contributed by atoms with Crippen molar-refractivity contribution in [2.75, 3.05) is 0 Å². The van der Waals surface area contributed by atoms with Crippen LogP contribution < -0.4 is 10.4 Å². The van der Waals surface area contributed by atoms with Crippen LogP contribution in [0.3, 0.4) is 0 Å². The Morgan fingerprint density at radius 1 is 0.304 bits per heavy atom. The highest BCUT2D eigenvalue weighted by Gasteiger charge is 2.27. The van der Waals surface area contributed by atoms with Crippen molar-refractivity contribution in [3.05, 3.63) is 146 Å². The van der Waals surface area contributed by atoms with Crippen LogP contribution in [0.1, 0.15) is 0 Å². The maximum absolute atomic E-state index is 2.47. The van der Waals surface area contributed by atoms with Crippen LogP contribution in [0.2, 0.25) is 39.3 Å². The van der Waals surface area contributed by atoms with E-state index in [4.69, 9.17) is 0 Å². The van der Waals surface area contributed by atoms with Gasteiger partial charge in [-0.2, -0.15) is 0 Å². The van der Waals surface area contributed by atoms with Gasteiger partial charge in [0.15, 0.2) is 0 Å². The maximum Gasteiger partial charge on any atom is 0.0784 e. The summed E-state index contributed by atoms with van der Waals surface area (Å²) in [7, 11) is -3.36. The Bertz CT molecular complexity index is 2040. The lowest BCUT2D eigenvalue weighted by Crippen LogP contribution is -2.39. The van der Waals surface area contributed by atoms with Crippen molar-refractivity contribution in [2.45, 2.75) is 39.3 Å². The monoisotopic (exact) mass is 626 g/mol. The van der Waals surface area contributed by atoms with Gasteiger partial charge < -0.3 is 0 Å². The summed E-state index contributed by atoms with van der Waals surface area (Å²) >= 11 is 0. The number of fused-ring (bicyclic) bond motifs is 2. The number of hydrogen-bond donors (Lipinski definition) is 0. The van der Waals surface area contributed by atoms with Gasteiger partial charge in [0.2, 0.25) is 0 Å². The normalized spacial score (nSPS) is 12.1. The summed E-state index contributed by atoms with van der Waals surface area (Å²) in [6.07, 6.45) is 0. The zero-order valence-electron chi connectivity index (χ0n) is 27.9. The first-order valence-corrected chi connectivity index (χ1v) is 23.5. The number of hydrogen-bond acceptors (Lipinski definition) is 0. The fourth-order valence-corrected chi connectivity index (χ4v) is 10.4. The molecule has 0 amide bonds. The minimum atomic E-state index is -1.68. The van der Waals surface area contributed by atoms with E-state index in [1.54, 1.807) is 0 Å². The zero-order chi connectivity index (χ0) is 32.1. The first kappa shape index (κ1) is 30.2. The molecule has 0 unspecified atom stereocenters. The quantitative estimate of drug-likeness (QED) is 0.127. The molecule has 2 heteroatoms. The van der Waals surface area contributed by atoms with Crippen LogP contribution >= 0.6 is 0 Å². The van der Waals surface area contributed by atoms with Gasteiger partial charge in [-0.1, -0.05) is 183 Å². The molecule has 0 aliphatic carbocycles. The highest BCUT2D eigenvalue weighted by molar-refractivity contribution is 6.90. The molecular formula is C44H42Si2. The third kappa shape index (κ3) is 5.46. The average molecular weight is 627 g/mol. The minimum Gasteiger partial charge on any atom is -0.0656 e. The Labute approximate surface area is 276 Å². The second kappa shape index (κ2) is 11.7. The van der Waals surface area contributed by atoms with E-state index in [-0.39, 0.29) is 0 Å². The standard InChI is InChI=1S/C44H42Si2/c1-45(2,3)41-23-15-13-21-37(41)43-35-27-25-34(32-19-11-8-12-20-32)30-40(35)44(38-22-14-16-24-42(38)46(4,5)6)36-28-26-33(29-39(36)43)31-17-9-7-10-18-31/h7-30H,1-6H3. The number of benzene rings is 7. The van der Waals surface area contributed by atoms with Crippen LogP contribution in [0.15, 0.2) is 146 Å². The summed E-state index contributed by atoms with van der Waals surface area (Å²) < 4.78 is 0. The topological polar surface area (TPSA) is 0 Å². The van der Waals surface area contributed by atoms with E-state index in [1.165, 1.54) is 76.4 Å². The lowest BCUT2D eigenvalue weighted by Gasteiger charge is -2.27. The van der Waals surface area contributed by atoms with Gasteiger partial charge in [0.25, 0.3) is 0 Å². The summed E-state index contributed by atoms with van der Waals surface area (Å²) in [6, 6.07) is 54.5. The van der Waals surface area contributed by atoms with Crippen molar-refractivity contribution in [3.8, 4) is 44.5 Å². The van der Waals surface area contributed by atoms with E-state index >= 15 is 0 Å². The van der Waals surface area contributed by atoms with Gasteiger partial charge in [-0.15, -0.1) is 0 Å². The van der Waals surface area contributed by atoms with Crippen LogP contribution in [-0.2, 0) is 0 Å². The summed E-state index contributed by atoms with van der Waals surface area (Å²) in [6.45, 7) is 14.8. The molecule has 0 radical (unpaired) electrons. The highest BCUT2D eigenvalue weighted by atomic mass is 28.3. The number of rotatable bonds is 6. The third-order valence-electron chi connectivity index (χ3n) is 9.34. The van der Waals surface area contributed by atoms with Crippen LogP contribution in [0.5, 0.6) is 0 Å². The van der Waals surface area contributed by atoms with Gasteiger partial charge in [0, 0.05) is 0 Å². The summed E-state index contributed by atoms with van der Waals surface area (Å²) in [5.41, 5.74) is 10.5. The molecule has 7 aromatic rings. The zero-order valence-corrected chi connectivity index (χ0v) is 29.9. The van der Waals surface area contributed by atoms with Gasteiger partial charge in [-0.3, -0.25) is 0 Å². The van der Waals surface area contributed by atoms with E-state index in [0.29, 0.717) is 0 Å². The summed E-state index contributed by atoms with van der Waals surface area (Å²) in [5.74, 6) is 0. The van der Waals surface area contributed by atoms with E-state index < -0.39 is 16.1 Å². The van der Waals surface area contributed by atoms with Gasteiger partial charge >= 0.3 is 0 Å². The Hall–Kier alpha value is -4.51. The molecule has 226 valence electrons. The van der Waals surface area contributed by atoms with E-state index in [0.717, 1.165) is 0 Å². The summed E-state index contributed by atoms with van der Waals surface area (Å²) in [4.78, 5) is 0. The molecule has 7 aromatic carbocycles. The van der Waals surface area contributed by atoms with E-state index in [9.17, 15) is 0 Å². The predicted molar refractivity (Wildman–Crippen MR) is 209 cm³/mol. The Balaban J connectivity index is 1.71. The molecule has 0 spiro atoms. The largest absolute Gasteiger partial charge is 0.0784 e. The Morgan fingerprint density at radius 2 is 0.652 bits per heavy atom. The van der Waals surface area contributed by atoms with Crippen molar-refractivity contribution in [3.63, 3.8) is 0 Å². The van der Waals surface area contributed by atoms with Crippen molar-refractivity contribution in [2.24, 2.45) is 0 Å². The van der Waals surface area contributed by atoms with Gasteiger partial charge in [0.05, 0.1) is 16.1 Å². The van der Waals surface area contributed by atoms with Gasteiger partial charge in [-0.25, -0.2) is 0 Å². The second-order valence-corrected chi connectivity index (χ2v) is 24.7.